The molecular weight excluding hydrogens is 292 g/mol. The fourth-order valence-electron chi connectivity index (χ4n) is 3.67. The zero-order chi connectivity index (χ0) is 15.8. The Morgan fingerprint density at radius 1 is 1.14 bits per heavy atom. The molecule has 0 radical (unpaired) electrons. The Balaban J connectivity index is 2.06. The SMILES string of the molecule is CO[C@]12CC(=O)O[C@]13C(=O)c1ccccc1C(=O)[C@]3(O)CO2. The van der Waals surface area contributed by atoms with Crippen LogP contribution in [0.4, 0.5) is 0 Å². The highest BCUT2D eigenvalue weighted by atomic mass is 16.8. The monoisotopic (exact) mass is 304 g/mol. The minimum absolute atomic E-state index is 0.0822. The Hall–Kier alpha value is -2.09. The number of hydrogen-bond donors (Lipinski definition) is 1. The summed E-state index contributed by atoms with van der Waals surface area (Å²) in [7, 11) is 1.24. The van der Waals surface area contributed by atoms with Crippen LogP contribution in [0.15, 0.2) is 24.3 Å². The van der Waals surface area contributed by atoms with Crippen molar-refractivity contribution in [2.45, 2.75) is 23.4 Å². The number of ether oxygens (including phenoxy) is 3. The van der Waals surface area contributed by atoms with Crippen molar-refractivity contribution in [2.75, 3.05) is 13.7 Å². The van der Waals surface area contributed by atoms with Crippen LogP contribution < -0.4 is 0 Å². The largest absolute Gasteiger partial charge is 0.441 e. The summed E-state index contributed by atoms with van der Waals surface area (Å²) in [6, 6.07) is 6.08. The predicted octanol–water partition coefficient (Wildman–Crippen LogP) is -0.145. The number of Topliss-reactive ketones (excluding diaryl/α,β-unsaturated/α-hetero) is 2. The molecule has 0 bridgehead atoms. The minimum Gasteiger partial charge on any atom is -0.441 e. The standard InChI is InChI=1S/C15H12O7/c1-20-14-6-10(16)22-15(14)12(18)9-5-3-2-4-8(9)11(17)13(15,19)7-21-14/h2-5,19H,6-7H2,1H3/t13-,14+,15+/m1/s1. The first-order valence-corrected chi connectivity index (χ1v) is 6.74. The van der Waals surface area contributed by atoms with Gasteiger partial charge in [-0.05, 0) is 0 Å². The highest BCUT2D eigenvalue weighted by molar-refractivity contribution is 6.24. The van der Waals surface area contributed by atoms with Crippen LogP contribution in [0.5, 0.6) is 0 Å². The number of carbonyl (C=O) groups is 3. The number of ketones is 2. The van der Waals surface area contributed by atoms with Gasteiger partial charge in [-0.3, -0.25) is 14.4 Å². The van der Waals surface area contributed by atoms with E-state index in [4.69, 9.17) is 14.2 Å². The molecule has 114 valence electrons. The van der Waals surface area contributed by atoms with Crippen molar-refractivity contribution in [2.24, 2.45) is 0 Å². The molecule has 1 aromatic carbocycles. The van der Waals surface area contributed by atoms with E-state index >= 15 is 0 Å². The number of methoxy groups -OCH3 is 1. The molecular formula is C15H12O7. The third kappa shape index (κ3) is 1.14. The van der Waals surface area contributed by atoms with Gasteiger partial charge in [0.25, 0.3) is 5.60 Å². The van der Waals surface area contributed by atoms with Gasteiger partial charge in [0.1, 0.15) is 6.42 Å². The number of fused-ring (bicyclic) bond motifs is 1. The van der Waals surface area contributed by atoms with Crippen molar-refractivity contribution >= 4 is 17.5 Å². The predicted molar refractivity (Wildman–Crippen MR) is 69.2 cm³/mol. The minimum atomic E-state index is -2.29. The second kappa shape index (κ2) is 3.81. The van der Waals surface area contributed by atoms with Gasteiger partial charge in [-0.1, -0.05) is 24.3 Å². The summed E-state index contributed by atoms with van der Waals surface area (Å²) in [4.78, 5) is 37.6. The quantitative estimate of drug-likeness (QED) is 0.721. The number of benzene rings is 1. The van der Waals surface area contributed by atoms with Crippen molar-refractivity contribution in [1.82, 2.24) is 0 Å². The van der Waals surface area contributed by atoms with Crippen LogP contribution in [0.25, 0.3) is 0 Å². The van der Waals surface area contributed by atoms with Gasteiger partial charge in [-0.2, -0.15) is 0 Å². The highest BCUT2D eigenvalue weighted by Gasteiger charge is 2.84. The van der Waals surface area contributed by atoms with Crippen LogP contribution in [0, 0.1) is 0 Å². The summed E-state index contributed by atoms with van der Waals surface area (Å²) in [5, 5.41) is 10.9. The molecule has 1 aliphatic carbocycles. The average Bonchev–Trinajstić information content (AvgIpc) is 2.96. The first kappa shape index (κ1) is 13.6. The number of rotatable bonds is 1. The van der Waals surface area contributed by atoms with E-state index in [1.165, 1.54) is 19.2 Å². The second-order valence-electron chi connectivity index (χ2n) is 5.64. The molecule has 2 fully saturated rings. The molecule has 7 nitrogen and oxygen atoms in total. The van der Waals surface area contributed by atoms with Crippen LogP contribution in [0.3, 0.4) is 0 Å². The number of hydrogen-bond acceptors (Lipinski definition) is 7. The Morgan fingerprint density at radius 3 is 2.41 bits per heavy atom. The van der Waals surface area contributed by atoms with E-state index in [9.17, 15) is 19.5 Å². The van der Waals surface area contributed by atoms with Crippen molar-refractivity contribution in [3.8, 4) is 0 Å². The first-order chi connectivity index (χ1) is 10.4. The molecule has 0 aromatic heterocycles. The van der Waals surface area contributed by atoms with E-state index < -0.39 is 41.1 Å². The molecule has 0 amide bonds. The molecule has 4 rings (SSSR count). The molecule has 2 heterocycles. The molecule has 0 unspecified atom stereocenters. The molecule has 1 N–H and O–H groups in total. The highest BCUT2D eigenvalue weighted by Crippen LogP contribution is 2.57. The Labute approximate surface area is 124 Å². The molecule has 1 spiro atoms. The van der Waals surface area contributed by atoms with Crippen molar-refractivity contribution < 1.29 is 33.7 Å². The van der Waals surface area contributed by atoms with E-state index in [0.717, 1.165) is 0 Å². The van der Waals surface area contributed by atoms with Crippen molar-refractivity contribution in [3.05, 3.63) is 35.4 Å². The topological polar surface area (TPSA) is 99.1 Å². The third-order valence-corrected chi connectivity index (χ3v) is 4.72. The van der Waals surface area contributed by atoms with Crippen LogP contribution >= 0.6 is 0 Å². The van der Waals surface area contributed by atoms with Gasteiger partial charge in [0.05, 0.1) is 6.61 Å². The van der Waals surface area contributed by atoms with Crippen molar-refractivity contribution in [1.29, 1.82) is 0 Å². The summed E-state index contributed by atoms with van der Waals surface area (Å²) < 4.78 is 15.9. The van der Waals surface area contributed by atoms with E-state index in [1.807, 2.05) is 0 Å². The Bertz CT molecular complexity index is 741. The molecule has 1 aromatic rings. The summed E-state index contributed by atoms with van der Waals surface area (Å²) in [5.74, 6) is -3.95. The van der Waals surface area contributed by atoms with Crippen LogP contribution in [0.2, 0.25) is 0 Å². The molecule has 0 saturated carbocycles. The van der Waals surface area contributed by atoms with Gasteiger partial charge in [0.2, 0.25) is 23.0 Å². The van der Waals surface area contributed by atoms with E-state index in [2.05, 4.69) is 0 Å². The smallest absolute Gasteiger partial charge is 0.312 e. The van der Waals surface area contributed by atoms with E-state index in [-0.39, 0.29) is 17.5 Å². The van der Waals surface area contributed by atoms with Gasteiger partial charge in [0.15, 0.2) is 0 Å². The number of aliphatic hydroxyl groups is 1. The lowest BCUT2D eigenvalue weighted by molar-refractivity contribution is -0.231. The van der Waals surface area contributed by atoms with Crippen LogP contribution in [0.1, 0.15) is 27.1 Å². The number of esters is 1. The molecule has 7 heteroatoms. The lowest BCUT2D eigenvalue weighted by atomic mass is 9.66. The van der Waals surface area contributed by atoms with Gasteiger partial charge in [-0.25, -0.2) is 0 Å². The summed E-state index contributed by atoms with van der Waals surface area (Å²) >= 11 is 0. The van der Waals surface area contributed by atoms with Gasteiger partial charge < -0.3 is 19.3 Å². The van der Waals surface area contributed by atoms with Crippen LogP contribution in [-0.4, -0.2) is 53.3 Å². The molecule has 2 aliphatic heterocycles. The summed E-state index contributed by atoms with van der Waals surface area (Å²) in [5.41, 5.74) is -4.32. The summed E-state index contributed by atoms with van der Waals surface area (Å²) in [6.07, 6.45) is -0.368. The Kier molecular flexibility index (Phi) is 2.35. The molecule has 2 saturated heterocycles. The maximum atomic E-state index is 13.0. The second-order valence-corrected chi connectivity index (χ2v) is 5.64. The normalized spacial score (nSPS) is 39.3. The van der Waals surface area contributed by atoms with Gasteiger partial charge in [-0.15, -0.1) is 0 Å². The fraction of sp³-hybridized carbons (Fsp3) is 0.400. The lowest BCUT2D eigenvalue weighted by Crippen LogP contribution is -2.71. The third-order valence-electron chi connectivity index (χ3n) is 4.72. The molecule has 3 aliphatic rings. The fourth-order valence-corrected chi connectivity index (χ4v) is 3.67. The average molecular weight is 304 g/mol. The van der Waals surface area contributed by atoms with Gasteiger partial charge >= 0.3 is 5.97 Å². The zero-order valence-electron chi connectivity index (χ0n) is 11.6. The molecule has 22 heavy (non-hydrogen) atoms. The zero-order valence-corrected chi connectivity index (χ0v) is 11.6. The van der Waals surface area contributed by atoms with Crippen LogP contribution in [-0.2, 0) is 19.0 Å². The maximum absolute atomic E-state index is 13.0. The Morgan fingerprint density at radius 2 is 1.77 bits per heavy atom. The number of carbonyl (C=O) groups excluding carboxylic acids is 3. The van der Waals surface area contributed by atoms with Crippen molar-refractivity contribution in [3.63, 3.8) is 0 Å². The lowest BCUT2D eigenvalue weighted by Gasteiger charge is -2.42. The summed E-state index contributed by atoms with van der Waals surface area (Å²) in [6.45, 7) is -0.479. The van der Waals surface area contributed by atoms with E-state index in [1.54, 1.807) is 12.1 Å². The first-order valence-electron chi connectivity index (χ1n) is 6.74. The van der Waals surface area contributed by atoms with E-state index in [0.29, 0.717) is 0 Å². The van der Waals surface area contributed by atoms with Gasteiger partial charge in [0, 0.05) is 18.2 Å². The maximum Gasteiger partial charge on any atom is 0.312 e. The molecule has 3 atom stereocenters.